The summed E-state index contributed by atoms with van der Waals surface area (Å²) >= 11 is 0. The second kappa shape index (κ2) is 5.97. The van der Waals surface area contributed by atoms with Crippen LogP contribution in [-0.4, -0.2) is 24.2 Å². The first-order chi connectivity index (χ1) is 6.33. The first kappa shape index (κ1) is 10.5. The van der Waals surface area contributed by atoms with E-state index in [9.17, 15) is 4.79 Å². The van der Waals surface area contributed by atoms with E-state index in [0.717, 1.165) is 6.54 Å². The van der Waals surface area contributed by atoms with Crippen molar-refractivity contribution in [1.82, 2.24) is 5.32 Å². The Morgan fingerprint density at radius 1 is 1.31 bits per heavy atom. The van der Waals surface area contributed by atoms with Gasteiger partial charge in [0.25, 0.3) is 0 Å². The van der Waals surface area contributed by atoms with E-state index in [0.29, 0.717) is 5.92 Å². The molecular weight excluding hydrogens is 166 g/mol. The van der Waals surface area contributed by atoms with E-state index in [1.54, 1.807) is 0 Å². The second-order valence-electron chi connectivity index (χ2n) is 3.78. The van der Waals surface area contributed by atoms with Gasteiger partial charge < -0.3 is 10.4 Å². The van der Waals surface area contributed by atoms with Crippen molar-refractivity contribution in [2.24, 2.45) is 5.92 Å². The van der Waals surface area contributed by atoms with E-state index in [2.05, 4.69) is 5.32 Å². The van der Waals surface area contributed by atoms with Crippen LogP contribution in [0.5, 0.6) is 0 Å². The molecule has 0 aromatic heterocycles. The van der Waals surface area contributed by atoms with Gasteiger partial charge in [0.05, 0.1) is 6.61 Å². The van der Waals surface area contributed by atoms with Gasteiger partial charge in [0.2, 0.25) is 5.91 Å². The first-order valence-electron chi connectivity index (χ1n) is 5.20. The molecule has 2 N–H and O–H groups in total. The topological polar surface area (TPSA) is 49.3 Å². The number of nitrogens with one attached hydrogen (secondary N) is 1. The van der Waals surface area contributed by atoms with Gasteiger partial charge >= 0.3 is 0 Å². The molecule has 1 amide bonds. The molecule has 0 bridgehead atoms. The lowest BCUT2D eigenvalue weighted by atomic mass is 9.89. The fourth-order valence-electron chi connectivity index (χ4n) is 1.84. The summed E-state index contributed by atoms with van der Waals surface area (Å²) < 4.78 is 0. The van der Waals surface area contributed by atoms with Crippen LogP contribution >= 0.6 is 0 Å². The molecule has 0 atom stereocenters. The molecule has 3 nitrogen and oxygen atoms in total. The number of carbonyl (C=O) groups is 1. The third-order valence-electron chi connectivity index (χ3n) is 2.65. The van der Waals surface area contributed by atoms with Gasteiger partial charge in [-0.1, -0.05) is 19.3 Å². The Labute approximate surface area is 79.5 Å². The average molecular weight is 185 g/mol. The Morgan fingerprint density at radius 3 is 2.62 bits per heavy atom. The lowest BCUT2D eigenvalue weighted by molar-refractivity contribution is -0.121. The number of rotatable bonds is 4. The van der Waals surface area contributed by atoms with Gasteiger partial charge in [0.1, 0.15) is 0 Å². The molecule has 0 spiro atoms. The number of hydrogen-bond acceptors (Lipinski definition) is 2. The summed E-state index contributed by atoms with van der Waals surface area (Å²) in [6, 6.07) is 0. The Balaban J connectivity index is 2.06. The second-order valence-corrected chi connectivity index (χ2v) is 3.78. The van der Waals surface area contributed by atoms with Gasteiger partial charge in [-0.3, -0.25) is 4.79 Å². The standard InChI is InChI=1S/C10H19NO2/c12-7-6-10(13)11-8-9-4-2-1-3-5-9/h9,12H,1-8H2,(H,11,13). The van der Waals surface area contributed by atoms with Crippen LogP contribution in [0.3, 0.4) is 0 Å². The Hall–Kier alpha value is -0.570. The largest absolute Gasteiger partial charge is 0.396 e. The lowest BCUT2D eigenvalue weighted by Gasteiger charge is -2.21. The van der Waals surface area contributed by atoms with Crippen molar-refractivity contribution in [2.45, 2.75) is 38.5 Å². The number of hydrogen-bond donors (Lipinski definition) is 2. The zero-order chi connectivity index (χ0) is 9.52. The molecule has 0 heterocycles. The summed E-state index contributed by atoms with van der Waals surface area (Å²) in [5.74, 6) is 0.657. The van der Waals surface area contributed by atoms with Gasteiger partial charge in [0, 0.05) is 13.0 Å². The van der Waals surface area contributed by atoms with E-state index < -0.39 is 0 Å². The van der Waals surface area contributed by atoms with Gasteiger partial charge in [-0.15, -0.1) is 0 Å². The molecule has 0 saturated heterocycles. The highest BCUT2D eigenvalue weighted by Gasteiger charge is 2.13. The minimum absolute atomic E-state index is 0.0203. The van der Waals surface area contributed by atoms with Crippen molar-refractivity contribution in [2.75, 3.05) is 13.2 Å². The highest BCUT2D eigenvalue weighted by atomic mass is 16.3. The Kier molecular flexibility index (Phi) is 4.83. The molecule has 3 heteroatoms. The van der Waals surface area contributed by atoms with Crippen LogP contribution in [-0.2, 0) is 4.79 Å². The Morgan fingerprint density at radius 2 is 2.00 bits per heavy atom. The fourth-order valence-corrected chi connectivity index (χ4v) is 1.84. The predicted octanol–water partition coefficient (Wildman–Crippen LogP) is 1.07. The van der Waals surface area contributed by atoms with Gasteiger partial charge in [-0.05, 0) is 18.8 Å². The van der Waals surface area contributed by atoms with Crippen LogP contribution in [0.1, 0.15) is 38.5 Å². The molecule has 1 aliphatic rings. The van der Waals surface area contributed by atoms with Crippen LogP contribution in [0.4, 0.5) is 0 Å². The number of aliphatic hydroxyl groups excluding tert-OH is 1. The maximum Gasteiger partial charge on any atom is 0.222 e. The molecule has 0 radical (unpaired) electrons. The van der Waals surface area contributed by atoms with E-state index in [4.69, 9.17) is 5.11 Å². The van der Waals surface area contributed by atoms with Crippen LogP contribution in [0, 0.1) is 5.92 Å². The van der Waals surface area contributed by atoms with E-state index in [1.165, 1.54) is 32.1 Å². The Bertz CT molecular complexity index is 153. The summed E-state index contributed by atoms with van der Waals surface area (Å²) in [6.07, 6.45) is 6.70. The summed E-state index contributed by atoms with van der Waals surface area (Å²) in [6.45, 7) is 0.759. The fraction of sp³-hybridized carbons (Fsp3) is 0.900. The minimum Gasteiger partial charge on any atom is -0.396 e. The molecule has 1 fully saturated rings. The monoisotopic (exact) mass is 185 g/mol. The molecule has 0 aromatic rings. The molecule has 0 aliphatic heterocycles. The molecule has 76 valence electrons. The first-order valence-corrected chi connectivity index (χ1v) is 5.20. The molecule has 0 unspecified atom stereocenters. The van der Waals surface area contributed by atoms with Gasteiger partial charge in [-0.25, -0.2) is 0 Å². The van der Waals surface area contributed by atoms with E-state index in [1.807, 2.05) is 0 Å². The maximum absolute atomic E-state index is 11.0. The van der Waals surface area contributed by atoms with Crippen molar-refractivity contribution >= 4 is 5.91 Å². The highest BCUT2D eigenvalue weighted by molar-refractivity contribution is 5.75. The lowest BCUT2D eigenvalue weighted by Crippen LogP contribution is -2.30. The van der Waals surface area contributed by atoms with E-state index >= 15 is 0 Å². The van der Waals surface area contributed by atoms with Crippen LogP contribution in [0.25, 0.3) is 0 Å². The van der Waals surface area contributed by atoms with Crippen molar-refractivity contribution in [3.05, 3.63) is 0 Å². The van der Waals surface area contributed by atoms with Crippen molar-refractivity contribution in [3.63, 3.8) is 0 Å². The maximum atomic E-state index is 11.0. The molecule has 13 heavy (non-hydrogen) atoms. The number of carbonyl (C=O) groups excluding carboxylic acids is 1. The summed E-state index contributed by atoms with van der Waals surface area (Å²) in [5, 5.41) is 11.4. The summed E-state index contributed by atoms with van der Waals surface area (Å²) in [5.41, 5.74) is 0. The molecule has 1 aliphatic carbocycles. The highest BCUT2D eigenvalue weighted by Crippen LogP contribution is 2.22. The summed E-state index contributed by atoms with van der Waals surface area (Å²) in [4.78, 5) is 11.0. The molecule has 1 saturated carbocycles. The zero-order valence-corrected chi connectivity index (χ0v) is 8.09. The minimum atomic E-state index is -0.0451. The average Bonchev–Trinajstić information content (AvgIpc) is 2.17. The van der Waals surface area contributed by atoms with Gasteiger partial charge in [-0.2, -0.15) is 0 Å². The smallest absolute Gasteiger partial charge is 0.222 e. The summed E-state index contributed by atoms with van der Waals surface area (Å²) in [7, 11) is 0. The zero-order valence-electron chi connectivity index (χ0n) is 8.09. The third kappa shape index (κ3) is 4.27. The number of aliphatic hydroxyl groups is 1. The SMILES string of the molecule is O=C(CCO)NCC1CCCCC1. The van der Waals surface area contributed by atoms with Crippen LogP contribution in [0.15, 0.2) is 0 Å². The normalized spacial score (nSPS) is 18.5. The molecule has 1 rings (SSSR count). The number of amides is 1. The van der Waals surface area contributed by atoms with Crippen molar-refractivity contribution in [3.8, 4) is 0 Å². The van der Waals surface area contributed by atoms with Crippen LogP contribution in [0.2, 0.25) is 0 Å². The third-order valence-corrected chi connectivity index (χ3v) is 2.65. The molecular formula is C10H19NO2. The van der Waals surface area contributed by atoms with Crippen LogP contribution < -0.4 is 5.32 Å². The quantitative estimate of drug-likeness (QED) is 0.688. The molecule has 0 aromatic carbocycles. The predicted molar refractivity (Wildman–Crippen MR) is 51.3 cm³/mol. The van der Waals surface area contributed by atoms with Crippen molar-refractivity contribution < 1.29 is 9.90 Å². The van der Waals surface area contributed by atoms with E-state index in [-0.39, 0.29) is 18.9 Å². The van der Waals surface area contributed by atoms with Crippen molar-refractivity contribution in [1.29, 1.82) is 0 Å². The van der Waals surface area contributed by atoms with Gasteiger partial charge in [0.15, 0.2) is 0 Å².